The van der Waals surface area contributed by atoms with Gasteiger partial charge < -0.3 is 9.47 Å². The van der Waals surface area contributed by atoms with Crippen LogP contribution < -0.4 is 4.74 Å². The summed E-state index contributed by atoms with van der Waals surface area (Å²) in [6.45, 7) is 5.13. The molecule has 0 aliphatic rings. The molecule has 1 heterocycles. The standard InChI is InChI=1S/C10H12BrNO2/c1-2-6-13-7-8-14-10-5-3-4-9(11)12-10/h2-5H,1,6-8H2. The Morgan fingerprint density at radius 2 is 2.29 bits per heavy atom. The van der Waals surface area contributed by atoms with Gasteiger partial charge in [0.1, 0.15) is 11.2 Å². The van der Waals surface area contributed by atoms with E-state index in [1.54, 1.807) is 12.1 Å². The Kier molecular flexibility index (Phi) is 5.25. The minimum absolute atomic E-state index is 0.497. The molecule has 1 aromatic heterocycles. The van der Waals surface area contributed by atoms with Gasteiger partial charge in [-0.25, -0.2) is 4.98 Å². The Balaban J connectivity index is 2.21. The van der Waals surface area contributed by atoms with E-state index >= 15 is 0 Å². The topological polar surface area (TPSA) is 31.4 Å². The van der Waals surface area contributed by atoms with Crippen LogP contribution in [0.5, 0.6) is 5.88 Å². The fraction of sp³-hybridized carbons (Fsp3) is 0.300. The molecule has 0 aliphatic heterocycles. The van der Waals surface area contributed by atoms with Crippen LogP contribution in [-0.4, -0.2) is 24.8 Å². The van der Waals surface area contributed by atoms with Gasteiger partial charge >= 0.3 is 0 Å². The highest BCUT2D eigenvalue weighted by atomic mass is 79.9. The molecule has 0 N–H and O–H groups in total. The van der Waals surface area contributed by atoms with Crippen LogP contribution in [-0.2, 0) is 4.74 Å². The second-order valence-electron chi connectivity index (χ2n) is 2.51. The molecule has 0 bridgehead atoms. The zero-order chi connectivity index (χ0) is 10.2. The van der Waals surface area contributed by atoms with Gasteiger partial charge in [-0.15, -0.1) is 6.58 Å². The molecule has 4 heteroatoms. The van der Waals surface area contributed by atoms with Gasteiger partial charge in [0.2, 0.25) is 5.88 Å². The van der Waals surface area contributed by atoms with Crippen LogP contribution in [0.2, 0.25) is 0 Å². The summed E-state index contributed by atoms with van der Waals surface area (Å²) >= 11 is 3.26. The number of nitrogens with zero attached hydrogens (tertiary/aromatic N) is 1. The molecule has 14 heavy (non-hydrogen) atoms. The van der Waals surface area contributed by atoms with Crippen molar-refractivity contribution in [3.63, 3.8) is 0 Å². The van der Waals surface area contributed by atoms with E-state index in [-0.39, 0.29) is 0 Å². The van der Waals surface area contributed by atoms with Crippen LogP contribution in [0.4, 0.5) is 0 Å². The molecule has 0 fully saturated rings. The van der Waals surface area contributed by atoms with E-state index in [4.69, 9.17) is 9.47 Å². The van der Waals surface area contributed by atoms with Crippen LogP contribution in [0.15, 0.2) is 35.5 Å². The maximum absolute atomic E-state index is 5.33. The third kappa shape index (κ3) is 4.39. The monoisotopic (exact) mass is 257 g/mol. The summed E-state index contributed by atoms with van der Waals surface area (Å²) in [5.41, 5.74) is 0. The first kappa shape index (κ1) is 11.2. The SMILES string of the molecule is C=CCOCCOc1cccc(Br)n1. The fourth-order valence-electron chi connectivity index (χ4n) is 0.842. The summed E-state index contributed by atoms with van der Waals surface area (Å²) in [4.78, 5) is 4.11. The van der Waals surface area contributed by atoms with Crippen molar-refractivity contribution in [2.24, 2.45) is 0 Å². The Hall–Kier alpha value is -0.870. The Morgan fingerprint density at radius 3 is 3.00 bits per heavy atom. The van der Waals surface area contributed by atoms with Crippen LogP contribution in [0, 0.1) is 0 Å². The molecule has 0 aromatic carbocycles. The molecule has 0 atom stereocenters. The minimum atomic E-state index is 0.497. The van der Waals surface area contributed by atoms with Crippen molar-refractivity contribution >= 4 is 15.9 Å². The van der Waals surface area contributed by atoms with E-state index < -0.39 is 0 Å². The molecular weight excluding hydrogens is 246 g/mol. The van der Waals surface area contributed by atoms with Gasteiger partial charge in [0.05, 0.1) is 13.2 Å². The van der Waals surface area contributed by atoms with Crippen LogP contribution >= 0.6 is 15.9 Å². The van der Waals surface area contributed by atoms with E-state index in [2.05, 4.69) is 27.5 Å². The van der Waals surface area contributed by atoms with Crippen molar-refractivity contribution in [3.05, 3.63) is 35.5 Å². The zero-order valence-electron chi connectivity index (χ0n) is 7.78. The molecule has 0 unspecified atom stereocenters. The lowest BCUT2D eigenvalue weighted by molar-refractivity contribution is 0.119. The average Bonchev–Trinajstić information content (AvgIpc) is 2.18. The van der Waals surface area contributed by atoms with E-state index in [0.29, 0.717) is 25.7 Å². The summed E-state index contributed by atoms with van der Waals surface area (Å²) in [6.07, 6.45) is 1.71. The molecule has 0 spiro atoms. The van der Waals surface area contributed by atoms with E-state index in [9.17, 15) is 0 Å². The van der Waals surface area contributed by atoms with Crippen LogP contribution in [0.25, 0.3) is 0 Å². The van der Waals surface area contributed by atoms with Gasteiger partial charge in [0.25, 0.3) is 0 Å². The van der Waals surface area contributed by atoms with Gasteiger partial charge in [-0.2, -0.15) is 0 Å². The molecule has 0 saturated heterocycles. The van der Waals surface area contributed by atoms with Crippen LogP contribution in [0.3, 0.4) is 0 Å². The number of hydrogen-bond acceptors (Lipinski definition) is 3. The first-order chi connectivity index (χ1) is 6.83. The van der Waals surface area contributed by atoms with E-state index in [0.717, 1.165) is 4.60 Å². The molecule has 76 valence electrons. The first-order valence-electron chi connectivity index (χ1n) is 4.27. The van der Waals surface area contributed by atoms with Gasteiger partial charge in [-0.05, 0) is 22.0 Å². The zero-order valence-corrected chi connectivity index (χ0v) is 9.37. The van der Waals surface area contributed by atoms with Gasteiger partial charge in [-0.3, -0.25) is 0 Å². The highest BCUT2D eigenvalue weighted by Crippen LogP contribution is 2.11. The summed E-state index contributed by atoms with van der Waals surface area (Å²) in [7, 11) is 0. The highest BCUT2D eigenvalue weighted by molar-refractivity contribution is 9.10. The van der Waals surface area contributed by atoms with E-state index in [1.165, 1.54) is 0 Å². The lowest BCUT2D eigenvalue weighted by Gasteiger charge is -2.04. The number of aromatic nitrogens is 1. The van der Waals surface area contributed by atoms with Crippen molar-refractivity contribution in [2.75, 3.05) is 19.8 Å². The Morgan fingerprint density at radius 1 is 1.43 bits per heavy atom. The molecule has 3 nitrogen and oxygen atoms in total. The average molecular weight is 258 g/mol. The molecule has 0 aliphatic carbocycles. The third-order valence-electron chi connectivity index (χ3n) is 1.40. The number of rotatable bonds is 6. The van der Waals surface area contributed by atoms with Crippen molar-refractivity contribution in [3.8, 4) is 5.88 Å². The van der Waals surface area contributed by atoms with Gasteiger partial charge in [0.15, 0.2) is 0 Å². The summed E-state index contributed by atoms with van der Waals surface area (Å²) in [5.74, 6) is 0.599. The predicted octanol–water partition coefficient (Wildman–Crippen LogP) is 2.43. The van der Waals surface area contributed by atoms with Crippen molar-refractivity contribution in [2.45, 2.75) is 0 Å². The fourth-order valence-corrected chi connectivity index (χ4v) is 1.17. The third-order valence-corrected chi connectivity index (χ3v) is 1.84. The largest absolute Gasteiger partial charge is 0.475 e. The molecule has 0 amide bonds. The van der Waals surface area contributed by atoms with Gasteiger partial charge in [-0.1, -0.05) is 12.1 Å². The summed E-state index contributed by atoms with van der Waals surface area (Å²) in [6, 6.07) is 5.52. The van der Waals surface area contributed by atoms with Crippen molar-refractivity contribution < 1.29 is 9.47 Å². The van der Waals surface area contributed by atoms with E-state index in [1.807, 2.05) is 12.1 Å². The molecule has 1 rings (SSSR count). The second kappa shape index (κ2) is 6.56. The maximum Gasteiger partial charge on any atom is 0.214 e. The number of halogens is 1. The quantitative estimate of drug-likeness (QED) is 0.446. The molecule has 0 radical (unpaired) electrons. The number of pyridine rings is 1. The normalized spacial score (nSPS) is 9.79. The maximum atomic E-state index is 5.33. The highest BCUT2D eigenvalue weighted by Gasteiger charge is 1.95. The molecule has 1 aromatic rings. The lowest BCUT2D eigenvalue weighted by Crippen LogP contribution is -2.07. The smallest absolute Gasteiger partial charge is 0.214 e. The minimum Gasteiger partial charge on any atom is -0.475 e. The molecule has 0 saturated carbocycles. The lowest BCUT2D eigenvalue weighted by atomic mass is 10.5. The number of ether oxygens (including phenoxy) is 2. The Bertz CT molecular complexity index is 291. The second-order valence-corrected chi connectivity index (χ2v) is 3.32. The van der Waals surface area contributed by atoms with Crippen molar-refractivity contribution in [1.29, 1.82) is 0 Å². The van der Waals surface area contributed by atoms with Crippen molar-refractivity contribution in [1.82, 2.24) is 4.98 Å². The van der Waals surface area contributed by atoms with Crippen LogP contribution in [0.1, 0.15) is 0 Å². The van der Waals surface area contributed by atoms with Gasteiger partial charge in [0, 0.05) is 6.07 Å². The predicted molar refractivity (Wildman–Crippen MR) is 58.4 cm³/mol. The summed E-state index contributed by atoms with van der Waals surface area (Å²) in [5, 5.41) is 0. The Labute approximate surface area is 91.9 Å². The molecular formula is C10H12BrNO2. The first-order valence-corrected chi connectivity index (χ1v) is 5.06. The number of hydrogen-bond donors (Lipinski definition) is 0. The summed E-state index contributed by atoms with van der Waals surface area (Å²) < 4.78 is 11.3.